The highest BCUT2D eigenvalue weighted by Crippen LogP contribution is 2.37. The zero-order valence-corrected chi connectivity index (χ0v) is 7.38. The van der Waals surface area contributed by atoms with E-state index in [1.54, 1.807) is 0 Å². The molecule has 0 fully saturated rings. The van der Waals surface area contributed by atoms with E-state index in [2.05, 4.69) is 22.0 Å². The second kappa shape index (κ2) is 6.47. The van der Waals surface area contributed by atoms with Crippen molar-refractivity contribution in [2.45, 2.75) is 6.92 Å². The molecule has 0 spiro atoms. The van der Waals surface area contributed by atoms with Gasteiger partial charge in [0.15, 0.2) is 0 Å². The minimum atomic E-state index is 0.820. The van der Waals surface area contributed by atoms with Crippen molar-refractivity contribution < 1.29 is 4.18 Å². The quantitative estimate of drug-likeness (QED) is 0.322. The Balaban J connectivity index is 2.34. The molecule has 0 heterocycles. The predicted molar refractivity (Wildman–Crippen MR) is 41.6 cm³/mol. The molecular formula is C2H6IOPS. The van der Waals surface area contributed by atoms with E-state index in [4.69, 9.17) is 4.18 Å². The molecule has 0 saturated heterocycles. The van der Waals surface area contributed by atoms with E-state index in [1.807, 2.05) is 6.92 Å². The molecule has 0 aromatic carbocycles. The standard InChI is InChI=1S/C2H6IOPS/c1-2-4-6-5-3/h5H,2H2,1H3. The monoisotopic (exact) mass is 236 g/mol. The van der Waals surface area contributed by atoms with Crippen molar-refractivity contribution in [2.24, 2.45) is 0 Å². The first-order chi connectivity index (χ1) is 2.91. The molecule has 1 unspecified atom stereocenters. The number of halogens is 1. The first-order valence-electron chi connectivity index (χ1n) is 1.56. The van der Waals surface area contributed by atoms with Gasteiger partial charge >= 0.3 is 0 Å². The Morgan fingerprint density at radius 1 is 2.00 bits per heavy atom. The van der Waals surface area contributed by atoms with Gasteiger partial charge in [-0.2, -0.15) is 0 Å². The summed E-state index contributed by atoms with van der Waals surface area (Å²) in [7, 11) is 0. The van der Waals surface area contributed by atoms with E-state index >= 15 is 0 Å². The molecule has 0 N–H and O–H groups in total. The highest BCUT2D eigenvalue weighted by Gasteiger charge is 1.75. The van der Waals surface area contributed by atoms with Crippen LogP contribution >= 0.6 is 39.1 Å². The fourth-order valence-electron chi connectivity index (χ4n) is 0.0812. The second-order valence-corrected chi connectivity index (χ2v) is 6.05. The molecule has 0 saturated carbocycles. The van der Waals surface area contributed by atoms with E-state index in [0.29, 0.717) is 0 Å². The van der Waals surface area contributed by atoms with Crippen LogP contribution in [0.15, 0.2) is 0 Å². The zero-order chi connectivity index (χ0) is 4.83. The highest BCUT2D eigenvalue weighted by atomic mass is 127. The lowest BCUT2D eigenvalue weighted by molar-refractivity contribution is 0.408. The van der Waals surface area contributed by atoms with E-state index in [0.717, 1.165) is 12.0 Å². The summed E-state index contributed by atoms with van der Waals surface area (Å²) in [6.45, 7) is 2.81. The lowest BCUT2D eigenvalue weighted by Gasteiger charge is -1.88. The van der Waals surface area contributed by atoms with Gasteiger partial charge in [-0.15, -0.1) is 0 Å². The van der Waals surface area contributed by atoms with Crippen LogP contribution in [0.2, 0.25) is 0 Å². The number of hydrogen-bond donors (Lipinski definition) is 0. The van der Waals surface area contributed by atoms with Crippen LogP contribution in [-0.4, -0.2) is 6.61 Å². The van der Waals surface area contributed by atoms with Gasteiger partial charge in [0.25, 0.3) is 0 Å². The third kappa shape index (κ3) is 5.47. The van der Waals surface area contributed by atoms with Crippen molar-refractivity contribution in [3.05, 3.63) is 0 Å². The topological polar surface area (TPSA) is 9.23 Å². The van der Waals surface area contributed by atoms with Crippen LogP contribution in [0.1, 0.15) is 6.92 Å². The smallest absolute Gasteiger partial charge is 0.0590 e. The first-order valence-corrected chi connectivity index (χ1v) is 7.14. The third-order valence-electron chi connectivity index (χ3n) is 0.208. The maximum atomic E-state index is 4.90. The van der Waals surface area contributed by atoms with E-state index in [9.17, 15) is 0 Å². The summed E-state index contributed by atoms with van der Waals surface area (Å²) < 4.78 is 4.90. The fourth-order valence-corrected chi connectivity index (χ4v) is 1.87. The normalized spacial score (nSPS) is 11.0. The zero-order valence-electron chi connectivity index (χ0n) is 3.40. The third-order valence-corrected chi connectivity index (χ3v) is 2.79. The minimum absolute atomic E-state index is 0.820. The summed E-state index contributed by atoms with van der Waals surface area (Å²) in [6, 6.07) is 0. The molecule has 0 aromatic rings. The van der Waals surface area contributed by atoms with Crippen molar-refractivity contribution in [2.75, 3.05) is 6.61 Å². The molecule has 4 heteroatoms. The average Bonchev–Trinajstić information content (AvgIpc) is 1.61. The Hall–Kier alpha value is 1.47. The molecule has 0 aliphatic heterocycles. The SMILES string of the molecule is CCOSPI. The minimum Gasteiger partial charge on any atom is -0.311 e. The van der Waals surface area contributed by atoms with Gasteiger partial charge in [0.1, 0.15) is 0 Å². The molecule has 0 amide bonds. The predicted octanol–water partition coefficient (Wildman–Crippen LogP) is 2.61. The molecule has 6 heavy (non-hydrogen) atoms. The van der Waals surface area contributed by atoms with Crippen LogP contribution in [0.25, 0.3) is 0 Å². The van der Waals surface area contributed by atoms with Gasteiger partial charge in [-0.3, -0.25) is 0 Å². The van der Waals surface area contributed by atoms with Crippen molar-refractivity contribution >= 4 is 39.1 Å². The summed E-state index contributed by atoms with van der Waals surface area (Å²) in [6.07, 6.45) is 0. The number of hydrogen-bond acceptors (Lipinski definition) is 2. The van der Waals surface area contributed by atoms with Gasteiger partial charge in [-0.1, -0.05) is 0 Å². The average molecular weight is 236 g/mol. The Labute approximate surface area is 56.8 Å². The van der Waals surface area contributed by atoms with Crippen LogP contribution in [0.3, 0.4) is 0 Å². The van der Waals surface area contributed by atoms with Crippen LogP contribution in [0, 0.1) is 0 Å². The maximum Gasteiger partial charge on any atom is 0.0590 e. The van der Waals surface area contributed by atoms with Crippen LogP contribution in [-0.2, 0) is 4.18 Å². The molecule has 0 aliphatic rings. The first kappa shape index (κ1) is 7.47. The molecular weight excluding hydrogens is 230 g/mol. The van der Waals surface area contributed by atoms with Gasteiger partial charge < -0.3 is 4.18 Å². The lowest BCUT2D eigenvalue weighted by Crippen LogP contribution is -1.68. The van der Waals surface area contributed by atoms with Gasteiger partial charge in [0.2, 0.25) is 0 Å². The summed E-state index contributed by atoms with van der Waals surface area (Å²) in [5, 5.41) is 0. The van der Waals surface area contributed by atoms with Crippen molar-refractivity contribution in [1.29, 1.82) is 0 Å². The molecule has 0 radical (unpaired) electrons. The van der Waals surface area contributed by atoms with Gasteiger partial charge in [0.05, 0.1) is 6.61 Å². The van der Waals surface area contributed by atoms with Gasteiger partial charge in [0, 0.05) is 17.1 Å². The van der Waals surface area contributed by atoms with Gasteiger partial charge in [-0.25, -0.2) is 0 Å². The summed E-state index contributed by atoms with van der Waals surface area (Å²) in [5.41, 5.74) is 0.829. The summed E-state index contributed by atoms with van der Waals surface area (Å²) >= 11 is 3.80. The van der Waals surface area contributed by atoms with E-state index in [1.165, 1.54) is 11.7 Å². The fraction of sp³-hybridized carbons (Fsp3) is 1.00. The van der Waals surface area contributed by atoms with Crippen LogP contribution in [0.4, 0.5) is 0 Å². The lowest BCUT2D eigenvalue weighted by atomic mass is 10.9. The van der Waals surface area contributed by atoms with E-state index < -0.39 is 0 Å². The maximum absolute atomic E-state index is 4.90. The summed E-state index contributed by atoms with van der Waals surface area (Å²) in [4.78, 5) is 0. The highest BCUT2D eigenvalue weighted by molar-refractivity contribution is 14.2. The second-order valence-electron chi connectivity index (χ2n) is 0.567. The molecule has 0 rings (SSSR count). The Morgan fingerprint density at radius 3 is 2.83 bits per heavy atom. The molecule has 0 aromatic heterocycles. The van der Waals surface area contributed by atoms with Crippen LogP contribution in [0.5, 0.6) is 0 Å². The largest absolute Gasteiger partial charge is 0.311 e. The molecule has 38 valence electrons. The molecule has 1 atom stereocenters. The summed E-state index contributed by atoms with van der Waals surface area (Å²) in [5.74, 6) is 0. The Morgan fingerprint density at radius 2 is 2.67 bits per heavy atom. The van der Waals surface area contributed by atoms with Crippen molar-refractivity contribution in [3.63, 3.8) is 0 Å². The van der Waals surface area contributed by atoms with Crippen LogP contribution < -0.4 is 0 Å². The van der Waals surface area contributed by atoms with Crippen molar-refractivity contribution in [3.8, 4) is 0 Å². The molecule has 1 nitrogen and oxygen atoms in total. The van der Waals surface area contributed by atoms with Gasteiger partial charge in [-0.05, 0) is 29.0 Å². The van der Waals surface area contributed by atoms with E-state index in [-0.39, 0.29) is 0 Å². The Bertz CT molecular complexity index is 25.5. The Kier molecular flexibility index (Phi) is 8.06. The molecule has 0 aliphatic carbocycles. The van der Waals surface area contributed by atoms with Crippen molar-refractivity contribution in [1.82, 2.24) is 0 Å². The number of rotatable bonds is 3. The molecule has 0 bridgehead atoms.